The standard InChI is InChI=1S/C24H20F3N3O4/c1-13-18(22(31)33-2)19(15-9-7-14(12-28)8-10-15)20(23(32)34-3)21(29)30(13)17-6-4-5-16(11-17)24(25,26)27/h4-11,19H,29H2,1-3H3. The van der Waals surface area contributed by atoms with E-state index in [4.69, 9.17) is 20.5 Å². The molecule has 7 nitrogen and oxygen atoms in total. The monoisotopic (exact) mass is 471 g/mol. The normalized spacial score (nSPS) is 16.3. The molecule has 0 fully saturated rings. The summed E-state index contributed by atoms with van der Waals surface area (Å²) < 4.78 is 49.9. The second-order valence-electron chi connectivity index (χ2n) is 7.33. The molecular weight excluding hydrogens is 451 g/mol. The van der Waals surface area contributed by atoms with E-state index < -0.39 is 29.6 Å². The molecule has 2 aromatic carbocycles. The van der Waals surface area contributed by atoms with Crippen LogP contribution in [-0.2, 0) is 25.2 Å². The number of methoxy groups -OCH3 is 2. The third kappa shape index (κ3) is 4.32. The minimum absolute atomic E-state index is 0.00842. The third-order valence-electron chi connectivity index (χ3n) is 5.43. The molecule has 1 aliphatic heterocycles. The minimum atomic E-state index is -4.62. The molecule has 0 aromatic heterocycles. The van der Waals surface area contributed by atoms with E-state index in [1.807, 2.05) is 6.07 Å². The Morgan fingerprint density at radius 1 is 1.03 bits per heavy atom. The van der Waals surface area contributed by atoms with E-state index in [0.717, 1.165) is 26.4 Å². The van der Waals surface area contributed by atoms with Gasteiger partial charge in [0.25, 0.3) is 0 Å². The molecule has 34 heavy (non-hydrogen) atoms. The van der Waals surface area contributed by atoms with Gasteiger partial charge in [-0.2, -0.15) is 18.4 Å². The molecule has 10 heteroatoms. The van der Waals surface area contributed by atoms with Crippen LogP contribution in [0.15, 0.2) is 71.2 Å². The van der Waals surface area contributed by atoms with E-state index in [9.17, 15) is 22.8 Å². The first-order valence-corrected chi connectivity index (χ1v) is 9.89. The van der Waals surface area contributed by atoms with Crippen LogP contribution in [0.4, 0.5) is 18.9 Å². The molecule has 0 amide bonds. The highest BCUT2D eigenvalue weighted by Gasteiger charge is 2.42. The molecule has 0 radical (unpaired) electrons. The number of carbonyl (C=O) groups excluding carboxylic acids is 2. The Hall–Kier alpha value is -4.26. The Bertz CT molecular complexity index is 1200. The minimum Gasteiger partial charge on any atom is -0.466 e. The molecular formula is C24H20F3N3O4. The predicted molar refractivity (Wildman–Crippen MR) is 116 cm³/mol. The zero-order valence-electron chi connectivity index (χ0n) is 18.4. The molecule has 2 N–H and O–H groups in total. The Labute approximate surface area is 193 Å². The van der Waals surface area contributed by atoms with Crippen molar-refractivity contribution in [3.05, 3.63) is 87.9 Å². The first-order valence-electron chi connectivity index (χ1n) is 9.89. The van der Waals surface area contributed by atoms with Crippen molar-refractivity contribution in [3.63, 3.8) is 0 Å². The fourth-order valence-corrected chi connectivity index (χ4v) is 3.87. The van der Waals surface area contributed by atoms with Crippen molar-refractivity contribution < 1.29 is 32.2 Å². The average Bonchev–Trinajstić information content (AvgIpc) is 2.82. The summed E-state index contributed by atoms with van der Waals surface area (Å²) in [6.07, 6.45) is -4.62. The highest BCUT2D eigenvalue weighted by Crippen LogP contribution is 2.44. The first kappa shape index (κ1) is 24.4. The number of esters is 2. The van der Waals surface area contributed by atoms with Gasteiger partial charge in [-0.15, -0.1) is 0 Å². The highest BCUT2D eigenvalue weighted by atomic mass is 19.4. The van der Waals surface area contributed by atoms with E-state index in [1.165, 1.54) is 36.1 Å². The number of ether oxygens (including phenoxy) is 2. The number of anilines is 1. The molecule has 0 saturated heterocycles. The van der Waals surface area contributed by atoms with Crippen molar-refractivity contribution in [2.24, 2.45) is 5.73 Å². The molecule has 0 saturated carbocycles. The SMILES string of the molecule is COC(=O)C1=C(C)N(c2cccc(C(F)(F)F)c2)C(N)=C(C(=O)OC)C1c1ccc(C#N)cc1. The lowest BCUT2D eigenvalue weighted by Gasteiger charge is -2.37. The van der Waals surface area contributed by atoms with Gasteiger partial charge in [0.1, 0.15) is 5.82 Å². The van der Waals surface area contributed by atoms with Gasteiger partial charge in [-0.05, 0) is 42.8 Å². The Balaban J connectivity index is 2.33. The number of benzene rings is 2. The van der Waals surface area contributed by atoms with Gasteiger partial charge in [0.05, 0.1) is 48.5 Å². The first-order chi connectivity index (χ1) is 16.0. The summed E-state index contributed by atoms with van der Waals surface area (Å²) in [6, 6.07) is 12.4. The number of hydrogen-bond donors (Lipinski definition) is 1. The van der Waals surface area contributed by atoms with Crippen molar-refractivity contribution in [2.75, 3.05) is 19.1 Å². The van der Waals surface area contributed by atoms with Gasteiger partial charge in [0, 0.05) is 11.4 Å². The lowest BCUT2D eigenvalue weighted by Crippen LogP contribution is -2.39. The third-order valence-corrected chi connectivity index (χ3v) is 5.43. The maximum Gasteiger partial charge on any atom is 0.416 e. The fourth-order valence-electron chi connectivity index (χ4n) is 3.87. The molecule has 1 aliphatic rings. The summed E-state index contributed by atoms with van der Waals surface area (Å²) in [5.74, 6) is -2.93. The van der Waals surface area contributed by atoms with Crippen molar-refractivity contribution in [1.29, 1.82) is 5.26 Å². The van der Waals surface area contributed by atoms with Crippen LogP contribution in [0.2, 0.25) is 0 Å². The Morgan fingerprint density at radius 2 is 1.62 bits per heavy atom. The number of hydrogen-bond acceptors (Lipinski definition) is 7. The predicted octanol–water partition coefficient (Wildman–Crippen LogP) is 3.97. The molecule has 0 aliphatic carbocycles. The Kier molecular flexibility index (Phi) is 6.68. The molecule has 0 spiro atoms. The van der Waals surface area contributed by atoms with Crippen LogP contribution in [0.25, 0.3) is 0 Å². The van der Waals surface area contributed by atoms with Gasteiger partial charge in [0.2, 0.25) is 0 Å². The summed E-state index contributed by atoms with van der Waals surface area (Å²) >= 11 is 0. The number of nitriles is 1. The van der Waals surface area contributed by atoms with Gasteiger partial charge in [-0.3, -0.25) is 0 Å². The lowest BCUT2D eigenvalue weighted by molar-refractivity contribution is -0.138. The van der Waals surface area contributed by atoms with Crippen molar-refractivity contribution in [3.8, 4) is 6.07 Å². The van der Waals surface area contributed by atoms with Crippen LogP contribution in [-0.4, -0.2) is 26.2 Å². The van der Waals surface area contributed by atoms with Crippen LogP contribution >= 0.6 is 0 Å². The van der Waals surface area contributed by atoms with Crippen molar-refractivity contribution in [2.45, 2.75) is 19.0 Å². The second-order valence-corrected chi connectivity index (χ2v) is 7.33. The Morgan fingerprint density at radius 3 is 2.15 bits per heavy atom. The lowest BCUT2D eigenvalue weighted by atomic mass is 9.80. The van der Waals surface area contributed by atoms with Gasteiger partial charge in [-0.25, -0.2) is 9.59 Å². The number of rotatable bonds is 4. The largest absolute Gasteiger partial charge is 0.466 e. The van der Waals surface area contributed by atoms with Gasteiger partial charge in [0.15, 0.2) is 0 Å². The van der Waals surface area contributed by atoms with E-state index >= 15 is 0 Å². The van der Waals surface area contributed by atoms with Crippen LogP contribution in [0.3, 0.4) is 0 Å². The smallest absolute Gasteiger partial charge is 0.416 e. The number of nitrogens with two attached hydrogens (primary N) is 1. The van der Waals surface area contributed by atoms with Gasteiger partial charge < -0.3 is 20.1 Å². The summed E-state index contributed by atoms with van der Waals surface area (Å²) in [5.41, 5.74) is 6.20. The second kappa shape index (κ2) is 9.31. The highest BCUT2D eigenvalue weighted by molar-refractivity contribution is 6.01. The number of nitrogens with zero attached hydrogens (tertiary/aromatic N) is 2. The number of alkyl halides is 3. The van der Waals surface area contributed by atoms with Crippen molar-refractivity contribution >= 4 is 17.6 Å². The van der Waals surface area contributed by atoms with Crippen LogP contribution < -0.4 is 10.6 Å². The molecule has 0 bridgehead atoms. The zero-order valence-corrected chi connectivity index (χ0v) is 18.4. The summed E-state index contributed by atoms with van der Waals surface area (Å²) in [4.78, 5) is 26.9. The summed E-state index contributed by atoms with van der Waals surface area (Å²) in [6.45, 7) is 1.49. The van der Waals surface area contributed by atoms with Gasteiger partial charge >= 0.3 is 18.1 Å². The van der Waals surface area contributed by atoms with Gasteiger partial charge in [-0.1, -0.05) is 18.2 Å². The number of halogens is 3. The number of carbonyl (C=O) groups is 2. The zero-order chi connectivity index (χ0) is 25.2. The van der Waals surface area contributed by atoms with Crippen molar-refractivity contribution in [1.82, 2.24) is 0 Å². The van der Waals surface area contributed by atoms with Crippen LogP contribution in [0.5, 0.6) is 0 Å². The van der Waals surface area contributed by atoms with E-state index in [2.05, 4.69) is 0 Å². The molecule has 1 heterocycles. The molecule has 3 rings (SSSR count). The summed E-state index contributed by atoms with van der Waals surface area (Å²) in [7, 11) is 2.27. The number of allylic oxidation sites excluding steroid dienone is 1. The van der Waals surface area contributed by atoms with E-state index in [1.54, 1.807) is 12.1 Å². The topological polar surface area (TPSA) is 106 Å². The maximum absolute atomic E-state index is 13.3. The summed E-state index contributed by atoms with van der Waals surface area (Å²) in [5, 5.41) is 9.10. The molecule has 1 atom stereocenters. The van der Waals surface area contributed by atoms with E-state index in [-0.39, 0.29) is 28.4 Å². The molecule has 176 valence electrons. The van der Waals surface area contributed by atoms with Crippen LogP contribution in [0, 0.1) is 11.3 Å². The average molecular weight is 471 g/mol. The van der Waals surface area contributed by atoms with E-state index in [0.29, 0.717) is 11.1 Å². The quantitative estimate of drug-likeness (QED) is 0.673. The molecule has 1 unspecified atom stereocenters. The molecule has 2 aromatic rings. The van der Waals surface area contributed by atoms with Crippen LogP contribution in [0.1, 0.15) is 29.5 Å². The maximum atomic E-state index is 13.3. The fraction of sp³-hybridized carbons (Fsp3) is 0.208.